The molecule has 2 rings (SSSR count). The monoisotopic (exact) mass is 335 g/mol. The lowest BCUT2D eigenvalue weighted by Crippen LogP contribution is -2.26. The van der Waals surface area contributed by atoms with E-state index >= 15 is 0 Å². The molecule has 0 radical (unpaired) electrons. The summed E-state index contributed by atoms with van der Waals surface area (Å²) in [6.45, 7) is 2.27. The van der Waals surface area contributed by atoms with Gasteiger partial charge in [0.15, 0.2) is 0 Å². The van der Waals surface area contributed by atoms with Crippen LogP contribution in [0.25, 0.3) is 0 Å². The molecule has 0 aromatic heterocycles. The molecule has 1 heterocycles. The fraction of sp³-hybridized carbons (Fsp3) is 0.462. The Kier molecular flexibility index (Phi) is 4.73. The van der Waals surface area contributed by atoms with Gasteiger partial charge in [-0.1, -0.05) is 18.5 Å². The largest absolute Gasteiger partial charge is 0.492 e. The number of hydrogen-bond acceptors (Lipinski definition) is 4. The molecule has 1 aliphatic heterocycles. The highest BCUT2D eigenvalue weighted by atomic mass is 35.5. The van der Waals surface area contributed by atoms with E-state index in [1.165, 1.54) is 11.0 Å². The molecule has 0 aliphatic carbocycles. The van der Waals surface area contributed by atoms with Crippen LogP contribution >= 0.6 is 11.6 Å². The van der Waals surface area contributed by atoms with Crippen molar-refractivity contribution in [1.29, 1.82) is 0 Å². The molecular formula is C13H15ClFNO4S. The zero-order valence-corrected chi connectivity index (χ0v) is 13.0. The molecule has 1 amide bonds. The molecule has 21 heavy (non-hydrogen) atoms. The lowest BCUT2D eigenvalue weighted by molar-refractivity contribution is -0.117. The van der Waals surface area contributed by atoms with Crippen molar-refractivity contribution in [3.8, 4) is 5.75 Å². The Bertz CT molecular complexity index is 650. The van der Waals surface area contributed by atoms with Gasteiger partial charge in [-0.2, -0.15) is 8.42 Å². The van der Waals surface area contributed by atoms with Gasteiger partial charge in [0, 0.05) is 18.7 Å². The Labute approximate surface area is 127 Å². The van der Waals surface area contributed by atoms with Gasteiger partial charge in [-0.3, -0.25) is 4.79 Å². The molecular weight excluding hydrogens is 321 g/mol. The van der Waals surface area contributed by atoms with E-state index in [1.54, 1.807) is 12.1 Å². The molecule has 0 N–H and O–H groups in total. The Hall–Kier alpha value is -1.34. The molecule has 1 fully saturated rings. The van der Waals surface area contributed by atoms with Gasteiger partial charge in [-0.05, 0) is 24.6 Å². The SMILES string of the molecule is CCCOc1ccc(N2CC(S(=O)(=O)F)CC2=O)cc1Cl. The van der Waals surface area contributed by atoms with Gasteiger partial charge in [0.25, 0.3) is 0 Å². The molecule has 8 heteroatoms. The van der Waals surface area contributed by atoms with Crippen LogP contribution < -0.4 is 9.64 Å². The predicted octanol–water partition coefficient (Wildman–Crippen LogP) is 2.53. The normalized spacial score (nSPS) is 19.1. The molecule has 1 aliphatic rings. The van der Waals surface area contributed by atoms with Crippen LogP contribution in [0.5, 0.6) is 5.75 Å². The van der Waals surface area contributed by atoms with Crippen LogP contribution in [0, 0.1) is 0 Å². The molecule has 116 valence electrons. The van der Waals surface area contributed by atoms with E-state index in [-0.39, 0.29) is 13.0 Å². The summed E-state index contributed by atoms with van der Waals surface area (Å²) in [4.78, 5) is 13.0. The summed E-state index contributed by atoms with van der Waals surface area (Å²) in [6.07, 6.45) is 0.475. The first-order valence-corrected chi connectivity index (χ1v) is 8.31. The van der Waals surface area contributed by atoms with Crippen LogP contribution in [0.3, 0.4) is 0 Å². The zero-order valence-electron chi connectivity index (χ0n) is 11.4. The third kappa shape index (κ3) is 3.65. The van der Waals surface area contributed by atoms with Gasteiger partial charge in [0.1, 0.15) is 11.0 Å². The predicted molar refractivity (Wildman–Crippen MR) is 78.0 cm³/mol. The third-order valence-electron chi connectivity index (χ3n) is 3.18. The second-order valence-corrected chi connectivity index (χ2v) is 6.79. The first-order valence-electron chi connectivity index (χ1n) is 6.49. The smallest absolute Gasteiger partial charge is 0.307 e. The molecule has 1 saturated heterocycles. The highest BCUT2D eigenvalue weighted by molar-refractivity contribution is 7.87. The van der Waals surface area contributed by atoms with Crippen LogP contribution in [-0.4, -0.2) is 32.7 Å². The topological polar surface area (TPSA) is 63.7 Å². The van der Waals surface area contributed by atoms with E-state index in [4.69, 9.17) is 16.3 Å². The van der Waals surface area contributed by atoms with E-state index < -0.39 is 21.4 Å². The Balaban J connectivity index is 2.19. The van der Waals surface area contributed by atoms with Gasteiger partial charge < -0.3 is 9.64 Å². The number of carbonyl (C=O) groups excluding carboxylic acids is 1. The Morgan fingerprint density at radius 2 is 2.19 bits per heavy atom. The fourth-order valence-electron chi connectivity index (χ4n) is 2.10. The van der Waals surface area contributed by atoms with Crippen LogP contribution in [0.4, 0.5) is 9.57 Å². The number of halogens is 2. The summed E-state index contributed by atoms with van der Waals surface area (Å²) >= 11 is 6.06. The van der Waals surface area contributed by atoms with Gasteiger partial charge in [0.2, 0.25) is 5.91 Å². The van der Waals surface area contributed by atoms with Crippen molar-refractivity contribution in [3.63, 3.8) is 0 Å². The van der Waals surface area contributed by atoms with Crippen molar-refractivity contribution < 1.29 is 21.8 Å². The number of ether oxygens (including phenoxy) is 1. The van der Waals surface area contributed by atoms with Gasteiger partial charge >= 0.3 is 10.2 Å². The number of carbonyl (C=O) groups is 1. The standard InChI is InChI=1S/C13H15ClFNO4S/c1-2-5-20-12-4-3-9(6-11(12)14)16-8-10(7-13(16)17)21(15,18)19/h3-4,6,10H,2,5,7-8H2,1H3. The zero-order chi connectivity index (χ0) is 15.6. The highest BCUT2D eigenvalue weighted by Gasteiger charge is 2.39. The summed E-state index contributed by atoms with van der Waals surface area (Å²) in [5.41, 5.74) is 0.431. The lowest BCUT2D eigenvalue weighted by Gasteiger charge is -2.17. The Morgan fingerprint density at radius 1 is 1.48 bits per heavy atom. The third-order valence-corrected chi connectivity index (χ3v) is 4.58. The second kappa shape index (κ2) is 6.19. The molecule has 1 aromatic rings. The minimum Gasteiger partial charge on any atom is -0.492 e. The van der Waals surface area contributed by atoms with E-state index in [0.29, 0.717) is 23.1 Å². The number of hydrogen-bond donors (Lipinski definition) is 0. The molecule has 1 unspecified atom stereocenters. The maximum atomic E-state index is 13.0. The number of rotatable bonds is 5. The molecule has 1 aromatic carbocycles. The summed E-state index contributed by atoms with van der Waals surface area (Å²) in [5.74, 6) is 0.0445. The first kappa shape index (κ1) is 16.0. The number of nitrogens with zero attached hydrogens (tertiary/aromatic N) is 1. The number of anilines is 1. The van der Waals surface area contributed by atoms with Gasteiger partial charge in [0.05, 0.1) is 11.6 Å². The van der Waals surface area contributed by atoms with Crippen molar-refractivity contribution in [2.75, 3.05) is 18.1 Å². The highest BCUT2D eigenvalue weighted by Crippen LogP contribution is 2.32. The Morgan fingerprint density at radius 3 is 2.71 bits per heavy atom. The molecule has 1 atom stereocenters. The van der Waals surface area contributed by atoms with Gasteiger partial charge in [-0.15, -0.1) is 3.89 Å². The minimum absolute atomic E-state index is 0.205. The summed E-state index contributed by atoms with van der Waals surface area (Å²) in [5, 5.41) is -1.000. The average molecular weight is 336 g/mol. The van der Waals surface area contributed by atoms with E-state index in [0.717, 1.165) is 6.42 Å². The van der Waals surface area contributed by atoms with E-state index in [9.17, 15) is 17.1 Å². The van der Waals surface area contributed by atoms with Crippen molar-refractivity contribution >= 4 is 33.4 Å². The quantitative estimate of drug-likeness (QED) is 0.776. The van der Waals surface area contributed by atoms with E-state index in [2.05, 4.69) is 0 Å². The van der Waals surface area contributed by atoms with Crippen molar-refractivity contribution in [1.82, 2.24) is 0 Å². The number of benzene rings is 1. The first-order chi connectivity index (χ1) is 9.82. The maximum absolute atomic E-state index is 13.0. The molecule has 5 nitrogen and oxygen atoms in total. The van der Waals surface area contributed by atoms with Crippen LogP contribution in [0.15, 0.2) is 18.2 Å². The van der Waals surface area contributed by atoms with Crippen LogP contribution in [0.1, 0.15) is 19.8 Å². The lowest BCUT2D eigenvalue weighted by atomic mass is 10.2. The van der Waals surface area contributed by atoms with Gasteiger partial charge in [-0.25, -0.2) is 0 Å². The summed E-state index contributed by atoms with van der Waals surface area (Å²) < 4.78 is 40.2. The summed E-state index contributed by atoms with van der Waals surface area (Å²) in [7, 11) is -4.73. The second-order valence-electron chi connectivity index (χ2n) is 4.77. The van der Waals surface area contributed by atoms with E-state index in [1.807, 2.05) is 6.92 Å². The van der Waals surface area contributed by atoms with Crippen molar-refractivity contribution in [2.45, 2.75) is 25.0 Å². The average Bonchev–Trinajstić information content (AvgIpc) is 2.79. The molecule has 0 spiro atoms. The summed E-state index contributed by atoms with van der Waals surface area (Å²) in [6, 6.07) is 4.72. The van der Waals surface area contributed by atoms with Crippen LogP contribution in [-0.2, 0) is 15.0 Å². The minimum atomic E-state index is -4.73. The number of amides is 1. The molecule has 0 saturated carbocycles. The molecule has 0 bridgehead atoms. The maximum Gasteiger partial charge on any atom is 0.307 e. The van der Waals surface area contributed by atoms with Crippen LogP contribution in [0.2, 0.25) is 5.02 Å². The van der Waals surface area contributed by atoms with Crippen molar-refractivity contribution in [3.05, 3.63) is 23.2 Å². The van der Waals surface area contributed by atoms with Crippen molar-refractivity contribution in [2.24, 2.45) is 0 Å². The fourth-order valence-corrected chi connectivity index (χ4v) is 3.00.